The van der Waals surface area contributed by atoms with E-state index in [2.05, 4.69) is 25.0 Å². The van der Waals surface area contributed by atoms with E-state index in [0.717, 1.165) is 18.4 Å². The van der Waals surface area contributed by atoms with Crippen molar-refractivity contribution in [3.8, 4) is 0 Å². The smallest absolute Gasteiger partial charge is 0.360 e. The quantitative estimate of drug-likeness (QED) is 0.432. The number of carbonyl (C=O) groups is 3. The predicted octanol–water partition coefficient (Wildman–Crippen LogP) is 0.0798. The topological polar surface area (TPSA) is 127 Å². The number of carboxylic acid groups (broad SMARTS) is 1. The number of carboxylic acids is 1. The molecule has 2 N–H and O–H groups in total. The van der Waals surface area contributed by atoms with Crippen LogP contribution < -0.4 is 5.32 Å². The van der Waals surface area contributed by atoms with Gasteiger partial charge in [-0.3, -0.25) is 4.79 Å². The summed E-state index contributed by atoms with van der Waals surface area (Å²) in [6.07, 6.45) is 0. The molecule has 0 radical (unpaired) electrons. The van der Waals surface area contributed by atoms with E-state index in [9.17, 15) is 14.4 Å². The van der Waals surface area contributed by atoms with Gasteiger partial charge < -0.3 is 20.0 Å². The van der Waals surface area contributed by atoms with E-state index >= 15 is 0 Å². The number of nitrogens with one attached hydrogen (secondary N) is 1. The van der Waals surface area contributed by atoms with E-state index in [1.165, 1.54) is 12.3 Å². The summed E-state index contributed by atoms with van der Waals surface area (Å²) in [5, 5.41) is 16.3. The van der Waals surface area contributed by atoms with Crippen LogP contribution in [-0.2, 0) is 24.0 Å². The molecule has 10 heteroatoms. The maximum Gasteiger partial charge on any atom is 0.360 e. The van der Waals surface area contributed by atoms with Crippen LogP contribution in [0.4, 0.5) is 5.13 Å². The molecular weight excluding hydrogens is 290 g/mol. The minimum Gasteiger partial charge on any atom is -0.476 e. The molecule has 1 rings (SSSR count). The lowest BCUT2D eigenvalue weighted by Gasteiger charge is -1.99. The third kappa shape index (κ3) is 4.65. The zero-order chi connectivity index (χ0) is 15.1. The first-order valence-electron chi connectivity index (χ1n) is 5.17. The fourth-order valence-corrected chi connectivity index (χ4v) is 1.74. The van der Waals surface area contributed by atoms with Gasteiger partial charge >= 0.3 is 11.9 Å². The first-order chi connectivity index (χ1) is 9.43. The highest BCUT2D eigenvalue weighted by Crippen LogP contribution is 2.16. The van der Waals surface area contributed by atoms with Crippen molar-refractivity contribution in [1.82, 2.24) is 4.98 Å². The summed E-state index contributed by atoms with van der Waals surface area (Å²) in [4.78, 5) is 41.1. The highest BCUT2D eigenvalue weighted by atomic mass is 32.1. The van der Waals surface area contributed by atoms with Crippen molar-refractivity contribution < 1.29 is 29.1 Å². The van der Waals surface area contributed by atoms with E-state index in [4.69, 9.17) is 5.11 Å². The number of thiazole rings is 1. The molecule has 1 heterocycles. The highest BCUT2D eigenvalue weighted by molar-refractivity contribution is 7.14. The first kappa shape index (κ1) is 15.6. The molecule has 9 nitrogen and oxygen atoms in total. The number of rotatable bonds is 6. The van der Waals surface area contributed by atoms with Gasteiger partial charge in [0.05, 0.1) is 7.11 Å². The first-order valence-corrected chi connectivity index (χ1v) is 6.05. The Kier molecular flexibility index (Phi) is 5.59. The summed E-state index contributed by atoms with van der Waals surface area (Å²) in [7, 11) is 1.16. The molecule has 0 bridgehead atoms. The average molecular weight is 301 g/mol. The van der Waals surface area contributed by atoms with Gasteiger partial charge in [-0.25, -0.2) is 14.6 Å². The number of esters is 1. The summed E-state index contributed by atoms with van der Waals surface area (Å²) in [5.74, 6) is -2.41. The average Bonchev–Trinajstić information content (AvgIpc) is 2.80. The minimum atomic E-state index is -1.38. The number of hydrogen-bond acceptors (Lipinski definition) is 8. The predicted molar refractivity (Wildman–Crippen MR) is 68.6 cm³/mol. The Balaban J connectivity index is 2.82. The monoisotopic (exact) mass is 301 g/mol. The number of nitrogens with zero attached hydrogens (tertiary/aromatic N) is 2. The molecule has 1 aromatic rings. The Morgan fingerprint density at radius 1 is 1.50 bits per heavy atom. The summed E-state index contributed by atoms with van der Waals surface area (Å²) in [6, 6.07) is 0. The normalized spacial score (nSPS) is 10.8. The van der Waals surface area contributed by atoms with Crippen molar-refractivity contribution in [2.75, 3.05) is 19.0 Å². The molecule has 0 spiro atoms. The lowest BCUT2D eigenvalue weighted by atomic mass is 10.3. The van der Waals surface area contributed by atoms with Crippen molar-refractivity contribution in [3.05, 3.63) is 11.1 Å². The third-order valence-electron chi connectivity index (χ3n) is 1.80. The molecule has 20 heavy (non-hydrogen) atoms. The van der Waals surface area contributed by atoms with Crippen LogP contribution in [0.3, 0.4) is 0 Å². The lowest BCUT2D eigenvalue weighted by molar-refractivity contribution is -0.146. The summed E-state index contributed by atoms with van der Waals surface area (Å²) in [6.45, 7) is 0.780. The van der Waals surface area contributed by atoms with Gasteiger partial charge in [0.2, 0.25) is 18.2 Å². The summed E-state index contributed by atoms with van der Waals surface area (Å²) in [5.41, 5.74) is -0.474. The van der Waals surface area contributed by atoms with E-state index < -0.39 is 24.3 Å². The van der Waals surface area contributed by atoms with Crippen molar-refractivity contribution in [2.24, 2.45) is 5.16 Å². The number of amides is 1. The number of anilines is 1. The van der Waals surface area contributed by atoms with Gasteiger partial charge in [-0.1, -0.05) is 5.16 Å². The van der Waals surface area contributed by atoms with Gasteiger partial charge in [-0.15, -0.1) is 11.3 Å². The molecule has 108 valence electrons. The van der Waals surface area contributed by atoms with Crippen LogP contribution in [0.15, 0.2) is 10.5 Å². The van der Waals surface area contributed by atoms with Gasteiger partial charge in [0.25, 0.3) is 0 Å². The number of ether oxygens (including phenoxy) is 1. The standard InChI is InChI=1S/C10H11N3O6S/c1-5(14)11-10-12-6(4-20-10)8(9(16)17)13-19-3-7(15)18-2/h4H,3H2,1-2H3,(H,16,17)(H,11,12,14)/b13-8+. The molecule has 0 aliphatic carbocycles. The van der Waals surface area contributed by atoms with E-state index in [0.29, 0.717) is 0 Å². The zero-order valence-electron chi connectivity index (χ0n) is 10.6. The Hall–Kier alpha value is -2.49. The summed E-state index contributed by atoms with van der Waals surface area (Å²) < 4.78 is 4.30. The van der Waals surface area contributed by atoms with Crippen molar-refractivity contribution in [2.45, 2.75) is 6.92 Å². The highest BCUT2D eigenvalue weighted by Gasteiger charge is 2.18. The van der Waals surface area contributed by atoms with Crippen LogP contribution in [0.2, 0.25) is 0 Å². The molecule has 1 aromatic heterocycles. The Morgan fingerprint density at radius 2 is 2.20 bits per heavy atom. The van der Waals surface area contributed by atoms with Crippen molar-refractivity contribution in [3.63, 3.8) is 0 Å². The fourth-order valence-electron chi connectivity index (χ4n) is 0.994. The lowest BCUT2D eigenvalue weighted by Crippen LogP contribution is -2.17. The van der Waals surface area contributed by atoms with Gasteiger partial charge in [0.15, 0.2) is 5.13 Å². The maximum atomic E-state index is 11.0. The second-order valence-corrected chi connectivity index (χ2v) is 4.17. The van der Waals surface area contributed by atoms with Crippen LogP contribution in [0.25, 0.3) is 0 Å². The van der Waals surface area contributed by atoms with Crippen molar-refractivity contribution >= 4 is 40.0 Å². The molecule has 0 unspecified atom stereocenters. The molecule has 0 aliphatic rings. The zero-order valence-corrected chi connectivity index (χ0v) is 11.4. The molecule has 0 fully saturated rings. The molecule has 0 aromatic carbocycles. The van der Waals surface area contributed by atoms with Crippen LogP contribution in [0, 0.1) is 0 Å². The van der Waals surface area contributed by atoms with Crippen molar-refractivity contribution in [1.29, 1.82) is 0 Å². The number of aromatic nitrogens is 1. The number of hydrogen-bond donors (Lipinski definition) is 2. The number of aliphatic carboxylic acids is 1. The maximum absolute atomic E-state index is 11.0. The Labute approximate surface area is 117 Å². The Bertz CT molecular complexity index is 553. The molecule has 1 amide bonds. The van der Waals surface area contributed by atoms with E-state index in [1.54, 1.807) is 0 Å². The van der Waals surface area contributed by atoms with Gasteiger partial charge in [-0.2, -0.15) is 0 Å². The Morgan fingerprint density at radius 3 is 2.75 bits per heavy atom. The third-order valence-corrected chi connectivity index (χ3v) is 2.56. The number of oxime groups is 1. The minimum absolute atomic E-state index is 0.0103. The van der Waals surface area contributed by atoms with Gasteiger partial charge in [-0.05, 0) is 0 Å². The largest absolute Gasteiger partial charge is 0.476 e. The van der Waals surface area contributed by atoms with Crippen LogP contribution >= 0.6 is 11.3 Å². The summed E-state index contributed by atoms with van der Waals surface area (Å²) >= 11 is 1.03. The second-order valence-electron chi connectivity index (χ2n) is 3.31. The van der Waals surface area contributed by atoms with Gasteiger partial charge in [0.1, 0.15) is 5.69 Å². The fraction of sp³-hybridized carbons (Fsp3) is 0.300. The SMILES string of the molecule is COC(=O)CO/N=C(/C(=O)O)c1csc(NC(C)=O)n1. The number of methoxy groups -OCH3 is 1. The van der Waals surface area contributed by atoms with E-state index in [-0.39, 0.29) is 16.7 Å². The molecule has 0 atom stereocenters. The number of carbonyl (C=O) groups excluding carboxylic acids is 2. The van der Waals surface area contributed by atoms with E-state index in [1.807, 2.05) is 0 Å². The second kappa shape index (κ2) is 7.19. The molecule has 0 saturated heterocycles. The van der Waals surface area contributed by atoms with Crippen LogP contribution in [0.1, 0.15) is 12.6 Å². The molecular formula is C10H11N3O6S. The van der Waals surface area contributed by atoms with Crippen LogP contribution in [-0.4, -0.2) is 47.4 Å². The molecule has 0 saturated carbocycles. The molecule has 0 aliphatic heterocycles. The van der Waals surface area contributed by atoms with Gasteiger partial charge in [0, 0.05) is 12.3 Å². The van der Waals surface area contributed by atoms with Crippen LogP contribution in [0.5, 0.6) is 0 Å².